The van der Waals surface area contributed by atoms with Crippen molar-refractivity contribution in [3.05, 3.63) is 0 Å². The van der Waals surface area contributed by atoms with Crippen molar-refractivity contribution in [2.75, 3.05) is 0 Å². The normalized spacial score (nSPS) is 35.1. The van der Waals surface area contributed by atoms with Crippen molar-refractivity contribution in [1.29, 1.82) is 0 Å². The lowest BCUT2D eigenvalue weighted by molar-refractivity contribution is -0.183. The molecule has 1 aliphatic carbocycles. The zero-order valence-corrected chi connectivity index (χ0v) is 13.7. The molecule has 0 saturated heterocycles. The van der Waals surface area contributed by atoms with Gasteiger partial charge in [-0.05, 0) is 31.6 Å². The molecule has 0 aromatic carbocycles. The van der Waals surface area contributed by atoms with Crippen LogP contribution in [0.4, 0.5) is 0 Å². The zero-order valence-electron chi connectivity index (χ0n) is 13.7. The number of aliphatic carboxylic acids is 2. The SMILES string of the molecule is CCC1(C(=O)O)CCCCCCCC(C)C1(CC)C(=O)O. The second kappa shape index (κ2) is 7.28. The Kier molecular flexibility index (Phi) is 6.24. The van der Waals surface area contributed by atoms with Gasteiger partial charge in [-0.1, -0.05) is 52.9 Å². The maximum atomic E-state index is 12.2. The third-order valence-corrected chi connectivity index (χ3v) is 5.89. The highest BCUT2D eigenvalue weighted by Gasteiger charge is 2.61. The molecular weight excluding hydrogens is 268 g/mol. The fourth-order valence-electron chi connectivity index (χ4n) is 4.54. The molecule has 3 unspecified atom stereocenters. The summed E-state index contributed by atoms with van der Waals surface area (Å²) in [5.74, 6) is -1.97. The van der Waals surface area contributed by atoms with Crippen LogP contribution in [0.5, 0.6) is 0 Å². The van der Waals surface area contributed by atoms with Crippen molar-refractivity contribution in [2.45, 2.75) is 78.6 Å². The van der Waals surface area contributed by atoms with Crippen LogP contribution >= 0.6 is 0 Å². The lowest BCUT2D eigenvalue weighted by Crippen LogP contribution is -2.55. The summed E-state index contributed by atoms with van der Waals surface area (Å²) in [5.41, 5.74) is -2.31. The van der Waals surface area contributed by atoms with Gasteiger partial charge in [-0.2, -0.15) is 0 Å². The summed E-state index contributed by atoms with van der Waals surface area (Å²) in [7, 11) is 0. The van der Waals surface area contributed by atoms with Gasteiger partial charge in [0.2, 0.25) is 0 Å². The quantitative estimate of drug-likeness (QED) is 0.810. The second-order valence-electron chi connectivity index (χ2n) is 6.58. The van der Waals surface area contributed by atoms with Crippen molar-refractivity contribution >= 4 is 11.9 Å². The van der Waals surface area contributed by atoms with E-state index < -0.39 is 22.8 Å². The van der Waals surface area contributed by atoms with Gasteiger partial charge in [0.15, 0.2) is 0 Å². The predicted molar refractivity (Wildman–Crippen MR) is 82.2 cm³/mol. The minimum atomic E-state index is -1.16. The van der Waals surface area contributed by atoms with Gasteiger partial charge >= 0.3 is 11.9 Å². The van der Waals surface area contributed by atoms with Crippen LogP contribution in [0.2, 0.25) is 0 Å². The van der Waals surface area contributed by atoms with E-state index in [9.17, 15) is 19.8 Å². The molecule has 0 radical (unpaired) electrons. The van der Waals surface area contributed by atoms with Gasteiger partial charge in [-0.15, -0.1) is 0 Å². The van der Waals surface area contributed by atoms with E-state index in [1.165, 1.54) is 0 Å². The Morgan fingerprint density at radius 1 is 0.952 bits per heavy atom. The van der Waals surface area contributed by atoms with E-state index in [1.807, 2.05) is 20.8 Å². The predicted octanol–water partition coefficient (Wildman–Crippen LogP) is 4.33. The van der Waals surface area contributed by atoms with Crippen LogP contribution in [0.25, 0.3) is 0 Å². The molecule has 2 N–H and O–H groups in total. The molecule has 0 bridgehead atoms. The van der Waals surface area contributed by atoms with Gasteiger partial charge in [-0.3, -0.25) is 9.59 Å². The molecule has 0 aromatic heterocycles. The summed E-state index contributed by atoms with van der Waals surface area (Å²) in [6.45, 7) is 5.61. The van der Waals surface area contributed by atoms with E-state index in [2.05, 4.69) is 0 Å². The topological polar surface area (TPSA) is 74.6 Å². The maximum absolute atomic E-state index is 12.2. The minimum Gasteiger partial charge on any atom is -0.481 e. The summed E-state index contributed by atoms with van der Waals surface area (Å²) < 4.78 is 0. The van der Waals surface area contributed by atoms with Crippen LogP contribution in [0.15, 0.2) is 0 Å². The number of carboxylic acid groups (broad SMARTS) is 2. The van der Waals surface area contributed by atoms with Crippen molar-refractivity contribution < 1.29 is 19.8 Å². The molecule has 0 spiro atoms. The Balaban J connectivity index is 3.43. The first kappa shape index (κ1) is 18.0. The molecule has 1 saturated carbocycles. The number of carbonyl (C=O) groups is 2. The summed E-state index contributed by atoms with van der Waals surface area (Å²) in [5, 5.41) is 19.9. The van der Waals surface area contributed by atoms with Gasteiger partial charge in [0.25, 0.3) is 0 Å². The Bertz CT molecular complexity index is 379. The first-order chi connectivity index (χ1) is 9.89. The number of carboxylic acids is 2. The second-order valence-corrected chi connectivity index (χ2v) is 6.58. The van der Waals surface area contributed by atoms with E-state index in [1.54, 1.807) is 0 Å². The lowest BCUT2D eigenvalue weighted by atomic mass is 9.52. The fourth-order valence-corrected chi connectivity index (χ4v) is 4.54. The van der Waals surface area contributed by atoms with Crippen LogP contribution in [0.3, 0.4) is 0 Å². The molecule has 122 valence electrons. The number of rotatable bonds is 4. The average molecular weight is 298 g/mol. The number of hydrogen-bond acceptors (Lipinski definition) is 2. The highest BCUT2D eigenvalue weighted by molar-refractivity contribution is 5.87. The molecule has 1 fully saturated rings. The van der Waals surface area contributed by atoms with Crippen molar-refractivity contribution in [1.82, 2.24) is 0 Å². The fraction of sp³-hybridized carbons (Fsp3) is 0.882. The first-order valence-corrected chi connectivity index (χ1v) is 8.35. The van der Waals surface area contributed by atoms with Gasteiger partial charge in [-0.25, -0.2) is 0 Å². The molecule has 3 atom stereocenters. The van der Waals surface area contributed by atoms with Crippen LogP contribution < -0.4 is 0 Å². The van der Waals surface area contributed by atoms with Crippen LogP contribution in [-0.4, -0.2) is 22.2 Å². The highest BCUT2D eigenvalue weighted by atomic mass is 16.4. The van der Waals surface area contributed by atoms with Gasteiger partial charge in [0, 0.05) is 0 Å². The van der Waals surface area contributed by atoms with E-state index in [4.69, 9.17) is 0 Å². The molecule has 4 heteroatoms. The first-order valence-electron chi connectivity index (χ1n) is 8.35. The standard InChI is InChI=1S/C17H30O4/c1-4-16(14(18)19)12-10-8-6-7-9-11-13(3)17(16,5-2)15(20)21/h13H,4-12H2,1-3H3,(H,18,19)(H,20,21). The Morgan fingerprint density at radius 2 is 1.52 bits per heavy atom. The van der Waals surface area contributed by atoms with E-state index >= 15 is 0 Å². The van der Waals surface area contributed by atoms with E-state index in [-0.39, 0.29) is 5.92 Å². The van der Waals surface area contributed by atoms with Crippen LogP contribution in [0, 0.1) is 16.7 Å². The third kappa shape index (κ3) is 2.95. The molecule has 21 heavy (non-hydrogen) atoms. The molecule has 1 rings (SSSR count). The molecule has 0 amide bonds. The van der Waals surface area contributed by atoms with Crippen molar-refractivity contribution in [3.8, 4) is 0 Å². The summed E-state index contributed by atoms with van der Waals surface area (Å²) >= 11 is 0. The van der Waals surface area contributed by atoms with Gasteiger partial charge < -0.3 is 10.2 Å². The van der Waals surface area contributed by atoms with Crippen LogP contribution in [-0.2, 0) is 9.59 Å². The van der Waals surface area contributed by atoms with Gasteiger partial charge in [0.1, 0.15) is 0 Å². The summed E-state index contributed by atoms with van der Waals surface area (Å²) in [6.07, 6.45) is 7.09. The zero-order chi connectivity index (χ0) is 16.1. The monoisotopic (exact) mass is 298 g/mol. The van der Waals surface area contributed by atoms with Crippen molar-refractivity contribution in [2.24, 2.45) is 16.7 Å². The molecule has 4 nitrogen and oxygen atoms in total. The Hall–Kier alpha value is -1.06. The minimum absolute atomic E-state index is 0.117. The number of hydrogen-bond donors (Lipinski definition) is 2. The lowest BCUT2D eigenvalue weighted by Gasteiger charge is -2.48. The molecule has 0 heterocycles. The maximum Gasteiger partial charge on any atom is 0.311 e. The molecule has 1 aliphatic rings. The Morgan fingerprint density at radius 3 is 2.00 bits per heavy atom. The van der Waals surface area contributed by atoms with E-state index in [0.717, 1.165) is 38.5 Å². The molecule has 0 aromatic rings. The van der Waals surface area contributed by atoms with E-state index in [0.29, 0.717) is 19.3 Å². The smallest absolute Gasteiger partial charge is 0.311 e. The third-order valence-electron chi connectivity index (χ3n) is 5.89. The largest absolute Gasteiger partial charge is 0.481 e. The van der Waals surface area contributed by atoms with Crippen molar-refractivity contribution in [3.63, 3.8) is 0 Å². The van der Waals surface area contributed by atoms with Crippen LogP contribution in [0.1, 0.15) is 78.6 Å². The Labute approximate surface area is 127 Å². The molecular formula is C17H30O4. The average Bonchev–Trinajstić information content (AvgIpc) is 2.44. The van der Waals surface area contributed by atoms with Gasteiger partial charge in [0.05, 0.1) is 10.8 Å². The summed E-state index contributed by atoms with van der Waals surface area (Å²) in [6, 6.07) is 0. The summed E-state index contributed by atoms with van der Waals surface area (Å²) in [4.78, 5) is 24.3. The molecule has 0 aliphatic heterocycles. The highest BCUT2D eigenvalue weighted by Crippen LogP contribution is 2.55.